The molecule has 0 aliphatic carbocycles. The maximum absolute atomic E-state index is 13.7. The van der Waals surface area contributed by atoms with Crippen LogP contribution in [0.5, 0.6) is 5.75 Å². The van der Waals surface area contributed by atoms with Crippen LogP contribution < -0.4 is 15.4 Å². The van der Waals surface area contributed by atoms with E-state index in [0.717, 1.165) is 21.8 Å². The van der Waals surface area contributed by atoms with Crippen LogP contribution >= 0.6 is 11.3 Å². The average molecular weight is 606 g/mol. The van der Waals surface area contributed by atoms with Crippen molar-refractivity contribution in [3.8, 4) is 5.75 Å². The molecule has 12 nitrogen and oxygen atoms in total. The molecule has 0 spiro atoms. The second-order valence-corrected chi connectivity index (χ2v) is 11.0. The van der Waals surface area contributed by atoms with Gasteiger partial charge in [0.15, 0.2) is 17.5 Å². The Bertz CT molecular complexity index is 1500. The lowest BCUT2D eigenvalue weighted by Gasteiger charge is -2.29. The molecular formula is C30H31N5O7S. The second-order valence-electron chi connectivity index (χ2n) is 10.2. The van der Waals surface area contributed by atoms with Crippen LogP contribution in [0.25, 0.3) is 0 Å². The smallest absolute Gasteiger partial charge is 0.325 e. The van der Waals surface area contributed by atoms with Gasteiger partial charge < -0.3 is 25.0 Å². The van der Waals surface area contributed by atoms with E-state index in [9.17, 15) is 24.0 Å². The summed E-state index contributed by atoms with van der Waals surface area (Å²) in [5, 5.41) is 7.09. The Hall–Kier alpha value is -4.62. The number of imide groups is 1. The van der Waals surface area contributed by atoms with Crippen molar-refractivity contribution in [2.45, 2.75) is 31.8 Å². The van der Waals surface area contributed by atoms with E-state index < -0.39 is 35.8 Å². The minimum absolute atomic E-state index is 0.132. The van der Waals surface area contributed by atoms with Crippen LogP contribution in [0, 0.1) is 0 Å². The van der Waals surface area contributed by atoms with Crippen molar-refractivity contribution in [1.82, 2.24) is 20.1 Å². The Kier molecular flexibility index (Phi) is 9.12. The molecule has 1 aromatic heterocycles. The molecule has 2 aromatic carbocycles. The number of amides is 5. The summed E-state index contributed by atoms with van der Waals surface area (Å²) in [5.41, 5.74) is 1.45. The van der Waals surface area contributed by atoms with Gasteiger partial charge in [0, 0.05) is 31.3 Å². The van der Waals surface area contributed by atoms with Gasteiger partial charge in [-0.2, -0.15) is 0 Å². The number of nitrogens with one attached hydrogen (secondary N) is 2. The number of urea groups is 1. The zero-order chi connectivity index (χ0) is 30.5. The van der Waals surface area contributed by atoms with Crippen molar-refractivity contribution in [2.75, 3.05) is 38.2 Å². The number of aromatic nitrogens is 1. The first-order valence-corrected chi connectivity index (χ1v) is 14.6. The number of ether oxygens (including phenoxy) is 2. The highest BCUT2D eigenvalue weighted by Gasteiger charge is 2.47. The molecule has 3 aromatic rings. The first kappa shape index (κ1) is 29.9. The molecule has 5 rings (SSSR count). The van der Waals surface area contributed by atoms with Crippen molar-refractivity contribution in [3.63, 3.8) is 0 Å². The molecule has 3 heterocycles. The highest BCUT2D eigenvalue weighted by Crippen LogP contribution is 2.32. The molecule has 0 saturated carbocycles. The molecule has 224 valence electrons. The molecule has 2 saturated heterocycles. The predicted octanol–water partition coefficient (Wildman–Crippen LogP) is 2.99. The number of hydrogen-bond acceptors (Lipinski definition) is 9. The van der Waals surface area contributed by atoms with Gasteiger partial charge in [-0.05, 0) is 23.3 Å². The van der Waals surface area contributed by atoms with Crippen molar-refractivity contribution < 1.29 is 33.4 Å². The number of Topliss-reactive ketones (excluding diaryl/α,β-unsaturated/α-hetero) is 1. The van der Waals surface area contributed by atoms with Crippen LogP contribution in [0.4, 0.5) is 9.93 Å². The first-order valence-electron chi connectivity index (χ1n) is 13.8. The summed E-state index contributed by atoms with van der Waals surface area (Å²) in [6, 6.07) is 12.7. The molecule has 3 atom stereocenters. The van der Waals surface area contributed by atoms with Gasteiger partial charge in [0.25, 0.3) is 11.8 Å². The zero-order valence-corrected chi connectivity index (χ0v) is 24.5. The third-order valence-electron chi connectivity index (χ3n) is 7.35. The second kappa shape index (κ2) is 13.1. The number of nitrogens with zero attached hydrogens (tertiary/aromatic N) is 3. The van der Waals surface area contributed by atoms with Crippen LogP contribution in [-0.4, -0.2) is 83.3 Å². The zero-order valence-electron chi connectivity index (χ0n) is 23.6. The molecule has 13 heteroatoms. The minimum atomic E-state index is -1.21. The number of morpholine rings is 1. The molecule has 0 bridgehead atoms. The Morgan fingerprint density at radius 2 is 1.79 bits per heavy atom. The SMILES string of the molecule is CC(=O)c1csc(NC(=O)[C@H]([C@@H](C)c2ccccc2)N2C(=O)N[C@H](c3ccc(OCC(=O)N4CCOCC4)cc3)C2=O)n1. The molecule has 2 aliphatic rings. The molecule has 2 aliphatic heterocycles. The number of carbonyl (C=O) groups is 5. The van der Waals surface area contributed by atoms with E-state index in [1.54, 1.807) is 36.1 Å². The van der Waals surface area contributed by atoms with Crippen molar-refractivity contribution in [3.05, 3.63) is 76.8 Å². The van der Waals surface area contributed by atoms with Crippen LogP contribution in [0.1, 0.15) is 47.4 Å². The number of carbonyl (C=O) groups excluding carboxylic acids is 5. The molecule has 0 radical (unpaired) electrons. The van der Waals surface area contributed by atoms with E-state index in [4.69, 9.17) is 9.47 Å². The lowest BCUT2D eigenvalue weighted by atomic mass is 9.91. The van der Waals surface area contributed by atoms with E-state index in [1.807, 2.05) is 30.3 Å². The van der Waals surface area contributed by atoms with Crippen molar-refractivity contribution in [2.24, 2.45) is 0 Å². The van der Waals surface area contributed by atoms with Gasteiger partial charge in [-0.25, -0.2) is 14.7 Å². The molecule has 43 heavy (non-hydrogen) atoms. The van der Waals surface area contributed by atoms with E-state index >= 15 is 0 Å². The van der Waals surface area contributed by atoms with Gasteiger partial charge in [0.05, 0.1) is 13.2 Å². The fourth-order valence-electron chi connectivity index (χ4n) is 4.97. The predicted molar refractivity (Wildman–Crippen MR) is 157 cm³/mol. The Morgan fingerprint density at radius 3 is 2.44 bits per heavy atom. The first-order chi connectivity index (χ1) is 20.7. The summed E-state index contributed by atoms with van der Waals surface area (Å²) < 4.78 is 10.9. The lowest BCUT2D eigenvalue weighted by molar-refractivity contribution is -0.137. The topological polar surface area (TPSA) is 147 Å². The maximum atomic E-state index is 13.7. The number of thiazole rings is 1. The Labute approximate surface area is 252 Å². The standard InChI is InChI=1S/C30H31N5O7S/c1-18(20-6-4-3-5-7-20)26(27(38)33-29-31-23(17-43-29)19(2)36)35-28(39)25(32-30(35)40)21-8-10-22(11-9-21)42-16-24(37)34-12-14-41-15-13-34/h3-11,17-18,25-26H,12-16H2,1-2H3,(H,32,40)(H,31,33,38)/t18-,25+,26-/m0/s1. The normalized spacial score (nSPS) is 18.1. The third-order valence-corrected chi connectivity index (χ3v) is 8.11. The van der Waals surface area contributed by atoms with Crippen LogP contribution in [-0.2, 0) is 19.1 Å². The summed E-state index contributed by atoms with van der Waals surface area (Å²) >= 11 is 1.08. The number of ketones is 1. The largest absolute Gasteiger partial charge is 0.484 e. The molecule has 2 fully saturated rings. The third kappa shape index (κ3) is 6.73. The van der Waals surface area contributed by atoms with E-state index in [2.05, 4.69) is 15.6 Å². The molecule has 2 N–H and O–H groups in total. The van der Waals surface area contributed by atoms with Gasteiger partial charge >= 0.3 is 6.03 Å². The highest BCUT2D eigenvalue weighted by atomic mass is 32.1. The van der Waals surface area contributed by atoms with Gasteiger partial charge in [-0.1, -0.05) is 49.4 Å². The Morgan fingerprint density at radius 1 is 1.09 bits per heavy atom. The van der Waals surface area contributed by atoms with Crippen molar-refractivity contribution in [1.29, 1.82) is 0 Å². The lowest BCUT2D eigenvalue weighted by Crippen LogP contribution is -2.50. The number of benzene rings is 2. The van der Waals surface area contributed by atoms with Crippen LogP contribution in [0.2, 0.25) is 0 Å². The summed E-state index contributed by atoms with van der Waals surface area (Å²) in [5.74, 6) is -1.73. The quantitative estimate of drug-likeness (QED) is 0.265. The van der Waals surface area contributed by atoms with Crippen LogP contribution in [0.15, 0.2) is 60.0 Å². The van der Waals surface area contributed by atoms with Crippen molar-refractivity contribution >= 4 is 46.0 Å². The Balaban J connectivity index is 1.32. The van der Waals surface area contributed by atoms with Gasteiger partial charge in [-0.15, -0.1) is 11.3 Å². The van der Waals surface area contributed by atoms with Crippen LogP contribution in [0.3, 0.4) is 0 Å². The summed E-state index contributed by atoms with van der Waals surface area (Å²) in [6.07, 6.45) is 0. The average Bonchev–Trinajstić information content (AvgIpc) is 3.61. The summed E-state index contributed by atoms with van der Waals surface area (Å²) in [4.78, 5) is 71.5. The van der Waals surface area contributed by atoms with E-state index in [0.29, 0.717) is 37.6 Å². The highest BCUT2D eigenvalue weighted by molar-refractivity contribution is 7.14. The molecular weight excluding hydrogens is 574 g/mol. The van der Waals surface area contributed by atoms with Gasteiger partial charge in [0.2, 0.25) is 5.91 Å². The fraction of sp³-hybridized carbons (Fsp3) is 0.333. The van der Waals surface area contributed by atoms with Gasteiger partial charge in [-0.3, -0.25) is 19.2 Å². The monoisotopic (exact) mass is 605 g/mol. The summed E-state index contributed by atoms with van der Waals surface area (Å²) in [7, 11) is 0. The fourth-order valence-corrected chi connectivity index (χ4v) is 5.72. The molecule has 0 unspecified atom stereocenters. The maximum Gasteiger partial charge on any atom is 0.325 e. The van der Waals surface area contributed by atoms with E-state index in [-0.39, 0.29) is 29.1 Å². The van der Waals surface area contributed by atoms with Gasteiger partial charge in [0.1, 0.15) is 23.5 Å². The summed E-state index contributed by atoms with van der Waals surface area (Å²) in [6.45, 7) is 5.04. The number of hydrogen-bond donors (Lipinski definition) is 2. The van der Waals surface area contributed by atoms with E-state index in [1.165, 1.54) is 12.3 Å². The minimum Gasteiger partial charge on any atom is -0.484 e. The number of anilines is 1. The number of rotatable bonds is 10. The molecule has 5 amide bonds.